The van der Waals surface area contributed by atoms with Crippen LogP contribution in [0.2, 0.25) is 0 Å². The molecule has 1 saturated heterocycles. The van der Waals surface area contributed by atoms with Gasteiger partial charge in [-0.2, -0.15) is 0 Å². The maximum Gasteiger partial charge on any atom is 0.215 e. The smallest absolute Gasteiger partial charge is 0.215 e. The standard InChI is InChI=1S/C14H21N4O/c1-10-7-17(19)8-11-9-18(16(2)3)14-12(13(10)11)5-4-6-15-14/h4-6,9-10,13-15H,7-8H2,1-3H3/q+1. The summed E-state index contributed by atoms with van der Waals surface area (Å²) in [5.41, 5.74) is 2.59. The molecule has 1 fully saturated rings. The monoisotopic (exact) mass is 261 g/mol. The first kappa shape index (κ1) is 12.4. The molecule has 3 aliphatic heterocycles. The molecule has 0 spiro atoms. The molecule has 3 aliphatic rings. The molecule has 0 aromatic heterocycles. The number of nitroso groups, excluding NO2 is 1. The van der Waals surface area contributed by atoms with Crippen LogP contribution in [0.15, 0.2) is 35.7 Å². The van der Waals surface area contributed by atoms with Gasteiger partial charge in [0.25, 0.3) is 0 Å². The van der Waals surface area contributed by atoms with Crippen LogP contribution < -0.4 is 5.32 Å². The number of nitrogens with one attached hydrogen (secondary N) is 1. The number of piperidine rings is 1. The van der Waals surface area contributed by atoms with Gasteiger partial charge in [0.05, 0.1) is 0 Å². The minimum absolute atomic E-state index is 0.175. The van der Waals surface area contributed by atoms with Gasteiger partial charge < -0.3 is 5.32 Å². The van der Waals surface area contributed by atoms with Gasteiger partial charge in [0, 0.05) is 47.4 Å². The Balaban J connectivity index is 2.05. The average Bonchev–Trinajstić information content (AvgIpc) is 2.36. The molecular weight excluding hydrogens is 240 g/mol. The molecule has 0 bridgehead atoms. The lowest BCUT2D eigenvalue weighted by atomic mass is 9.75. The quantitative estimate of drug-likeness (QED) is 0.717. The topological polar surface area (TPSA) is 38.6 Å². The van der Waals surface area contributed by atoms with E-state index < -0.39 is 0 Å². The Morgan fingerprint density at radius 3 is 3.00 bits per heavy atom. The lowest BCUT2D eigenvalue weighted by molar-refractivity contribution is -0.557. The molecule has 5 nitrogen and oxygen atoms in total. The van der Waals surface area contributed by atoms with E-state index in [-0.39, 0.29) is 6.17 Å². The van der Waals surface area contributed by atoms with Gasteiger partial charge in [-0.25, -0.2) is 5.01 Å². The Bertz CT molecular complexity index is 492. The van der Waals surface area contributed by atoms with E-state index in [2.05, 4.69) is 40.6 Å². The highest BCUT2D eigenvalue weighted by atomic mass is 16.3. The number of hydrogen-bond acceptors (Lipinski definition) is 4. The van der Waals surface area contributed by atoms with Crippen molar-refractivity contribution in [1.82, 2.24) is 15.3 Å². The second kappa shape index (κ2) is 4.49. The van der Waals surface area contributed by atoms with Crippen molar-refractivity contribution in [2.75, 3.05) is 27.2 Å². The van der Waals surface area contributed by atoms with Crippen LogP contribution in [0.3, 0.4) is 0 Å². The third kappa shape index (κ3) is 1.98. The van der Waals surface area contributed by atoms with E-state index >= 15 is 0 Å². The number of nitrogens with zero attached hydrogens (tertiary/aromatic N) is 3. The van der Waals surface area contributed by atoms with Gasteiger partial charge in [-0.1, -0.05) is 13.0 Å². The minimum Gasteiger partial charge on any atom is -0.367 e. The molecule has 19 heavy (non-hydrogen) atoms. The van der Waals surface area contributed by atoms with Crippen LogP contribution in [0.25, 0.3) is 0 Å². The number of dihydropyridines is 1. The molecule has 1 N–H and O–H groups in total. The molecule has 0 aromatic rings. The summed E-state index contributed by atoms with van der Waals surface area (Å²) in [6.07, 6.45) is 8.55. The Kier molecular flexibility index (Phi) is 2.93. The zero-order valence-corrected chi connectivity index (χ0v) is 11.7. The number of allylic oxidation sites excluding steroid dienone is 2. The maximum atomic E-state index is 11.8. The van der Waals surface area contributed by atoms with Crippen molar-refractivity contribution in [3.05, 3.63) is 40.6 Å². The van der Waals surface area contributed by atoms with E-state index in [1.54, 1.807) is 0 Å². The average molecular weight is 261 g/mol. The Morgan fingerprint density at radius 2 is 2.26 bits per heavy atom. The van der Waals surface area contributed by atoms with Crippen LogP contribution in [0.1, 0.15) is 6.92 Å². The zero-order chi connectivity index (χ0) is 13.6. The second-order valence-electron chi connectivity index (χ2n) is 5.80. The third-order valence-corrected chi connectivity index (χ3v) is 4.16. The Morgan fingerprint density at radius 1 is 1.47 bits per heavy atom. The SMILES string of the molecule is CC1C[N+](=O)CC2=CN(N(C)C)C3NC=CC=C3C21. The lowest BCUT2D eigenvalue weighted by Gasteiger charge is -2.46. The fraction of sp³-hybridized carbons (Fsp3) is 0.571. The molecule has 0 amide bonds. The summed E-state index contributed by atoms with van der Waals surface area (Å²) >= 11 is 0. The molecule has 5 heteroatoms. The molecule has 0 radical (unpaired) electrons. The van der Waals surface area contributed by atoms with Crippen LogP contribution in [0.5, 0.6) is 0 Å². The summed E-state index contributed by atoms with van der Waals surface area (Å²) < 4.78 is 1.17. The van der Waals surface area contributed by atoms with Crippen LogP contribution in [0, 0.1) is 16.7 Å². The van der Waals surface area contributed by atoms with Gasteiger partial charge in [0.1, 0.15) is 6.17 Å². The first-order chi connectivity index (χ1) is 9.08. The predicted octanol–water partition coefficient (Wildman–Crippen LogP) is 1.08. The summed E-state index contributed by atoms with van der Waals surface area (Å²) in [5.74, 6) is 0.757. The summed E-state index contributed by atoms with van der Waals surface area (Å²) in [6.45, 7) is 3.31. The number of rotatable bonds is 1. The van der Waals surface area contributed by atoms with Gasteiger partial charge in [0.2, 0.25) is 6.54 Å². The molecule has 102 valence electrons. The highest BCUT2D eigenvalue weighted by molar-refractivity contribution is 5.36. The molecular formula is C14H21N4O+. The van der Waals surface area contributed by atoms with Crippen LogP contribution in [-0.2, 0) is 0 Å². The Hall–Kier alpha value is -1.62. The molecule has 0 saturated carbocycles. The van der Waals surface area contributed by atoms with E-state index in [1.807, 2.05) is 20.3 Å². The van der Waals surface area contributed by atoms with E-state index in [0.29, 0.717) is 24.9 Å². The van der Waals surface area contributed by atoms with Gasteiger partial charge in [-0.3, -0.25) is 5.01 Å². The molecule has 3 unspecified atom stereocenters. The Labute approximate surface area is 113 Å². The van der Waals surface area contributed by atoms with Crippen molar-refractivity contribution >= 4 is 0 Å². The molecule has 3 heterocycles. The largest absolute Gasteiger partial charge is 0.367 e. The maximum absolute atomic E-state index is 11.8. The van der Waals surface area contributed by atoms with Gasteiger partial charge in [-0.15, -0.1) is 0 Å². The van der Waals surface area contributed by atoms with E-state index in [4.69, 9.17) is 0 Å². The van der Waals surface area contributed by atoms with Gasteiger partial charge in [-0.05, 0) is 17.8 Å². The van der Waals surface area contributed by atoms with Crippen LogP contribution in [0.4, 0.5) is 0 Å². The normalized spacial score (nSPS) is 33.4. The van der Waals surface area contributed by atoms with E-state index in [1.165, 1.54) is 15.9 Å². The van der Waals surface area contributed by atoms with Gasteiger partial charge in [0.15, 0.2) is 6.54 Å². The predicted molar refractivity (Wildman–Crippen MR) is 73.8 cm³/mol. The summed E-state index contributed by atoms with van der Waals surface area (Å²) in [4.78, 5) is 11.8. The fourth-order valence-electron chi connectivity index (χ4n) is 3.41. The lowest BCUT2D eigenvalue weighted by Crippen LogP contribution is -2.55. The van der Waals surface area contributed by atoms with Crippen molar-refractivity contribution in [3.63, 3.8) is 0 Å². The zero-order valence-electron chi connectivity index (χ0n) is 11.7. The minimum atomic E-state index is 0.175. The number of hydrogen-bond donors (Lipinski definition) is 1. The summed E-state index contributed by atoms with van der Waals surface area (Å²) in [7, 11) is 4.05. The number of hydrazine groups is 1. The second-order valence-corrected chi connectivity index (χ2v) is 5.80. The molecule has 3 atom stereocenters. The first-order valence-corrected chi connectivity index (χ1v) is 6.79. The first-order valence-electron chi connectivity index (χ1n) is 6.79. The van der Waals surface area contributed by atoms with Crippen LogP contribution >= 0.6 is 0 Å². The van der Waals surface area contributed by atoms with Gasteiger partial charge >= 0.3 is 0 Å². The summed E-state index contributed by atoms with van der Waals surface area (Å²) in [5, 5.41) is 7.63. The van der Waals surface area contributed by atoms with Crippen molar-refractivity contribution in [1.29, 1.82) is 0 Å². The summed E-state index contributed by atoms with van der Waals surface area (Å²) in [6, 6.07) is 0. The highest BCUT2D eigenvalue weighted by Gasteiger charge is 2.44. The van der Waals surface area contributed by atoms with E-state index in [9.17, 15) is 4.91 Å². The third-order valence-electron chi connectivity index (χ3n) is 4.16. The van der Waals surface area contributed by atoms with Crippen LogP contribution in [-0.4, -0.2) is 48.1 Å². The molecule has 3 rings (SSSR count). The van der Waals surface area contributed by atoms with E-state index in [0.717, 1.165) is 0 Å². The fourth-order valence-corrected chi connectivity index (χ4v) is 3.41. The molecule has 0 aromatic carbocycles. The highest BCUT2D eigenvalue weighted by Crippen LogP contribution is 2.39. The van der Waals surface area contributed by atoms with Crippen molar-refractivity contribution in [3.8, 4) is 0 Å². The van der Waals surface area contributed by atoms with Crippen molar-refractivity contribution in [2.45, 2.75) is 13.1 Å². The molecule has 0 aliphatic carbocycles. The van der Waals surface area contributed by atoms with Crippen molar-refractivity contribution < 1.29 is 4.76 Å². The van der Waals surface area contributed by atoms with Crippen molar-refractivity contribution in [2.24, 2.45) is 11.8 Å². The number of fused-ring (bicyclic) bond motifs is 3.